The van der Waals surface area contributed by atoms with Crippen molar-refractivity contribution in [2.75, 3.05) is 31.6 Å². The van der Waals surface area contributed by atoms with Crippen LogP contribution in [0.3, 0.4) is 0 Å². The first-order chi connectivity index (χ1) is 22.5. The molecule has 2 bridgehead atoms. The van der Waals surface area contributed by atoms with Crippen molar-refractivity contribution in [2.45, 2.75) is 121 Å². The quantitative estimate of drug-likeness (QED) is 0.0741. The largest absolute Gasteiger partial charge is 0.444 e. The van der Waals surface area contributed by atoms with Crippen LogP contribution in [0, 0.1) is 0 Å². The monoisotopic (exact) mass is 758 g/mol. The minimum absolute atomic E-state index is 0.135. The molecule has 0 aliphatic carbocycles. The third kappa shape index (κ3) is 9.67. The number of hydrogen-bond acceptors (Lipinski definition) is 8. The number of pyridine rings is 1. The SMILES string of the molecule is CC(C)(C)OC(=O)N1C2CCC1CC(c1cc(N(COCC[Si](C)(C)C)COCC[Si](C)(C)C)n3ncc(-c4ccc(Br)nc4)c3n1)C2. The fourth-order valence-corrected chi connectivity index (χ4v) is 8.19. The van der Waals surface area contributed by atoms with E-state index < -0.39 is 21.7 Å². The van der Waals surface area contributed by atoms with Crippen molar-refractivity contribution in [3.63, 3.8) is 0 Å². The second-order valence-electron chi connectivity index (χ2n) is 16.9. The van der Waals surface area contributed by atoms with Crippen LogP contribution in [0.5, 0.6) is 0 Å². The lowest BCUT2D eigenvalue weighted by molar-refractivity contribution is 0.00569. The van der Waals surface area contributed by atoms with Gasteiger partial charge < -0.3 is 24.0 Å². The molecule has 2 unspecified atom stereocenters. The van der Waals surface area contributed by atoms with Gasteiger partial charge in [0.1, 0.15) is 29.5 Å². The Labute approximate surface area is 297 Å². The predicted molar refractivity (Wildman–Crippen MR) is 201 cm³/mol. The van der Waals surface area contributed by atoms with Gasteiger partial charge in [-0.25, -0.2) is 14.8 Å². The molecular formula is C35H55BrN6O4Si2. The van der Waals surface area contributed by atoms with Gasteiger partial charge in [0.2, 0.25) is 0 Å². The summed E-state index contributed by atoms with van der Waals surface area (Å²) in [5.41, 5.74) is 3.15. The van der Waals surface area contributed by atoms with E-state index in [1.807, 2.05) is 54.7 Å². The van der Waals surface area contributed by atoms with Crippen molar-refractivity contribution >= 4 is 49.6 Å². The first kappa shape index (κ1) is 36.9. The molecule has 2 atom stereocenters. The highest BCUT2D eigenvalue weighted by atomic mass is 79.9. The number of anilines is 1. The molecule has 0 spiro atoms. The van der Waals surface area contributed by atoms with Gasteiger partial charge in [0.25, 0.3) is 0 Å². The van der Waals surface area contributed by atoms with Crippen LogP contribution in [0.1, 0.15) is 58.1 Å². The molecule has 10 nitrogen and oxygen atoms in total. The van der Waals surface area contributed by atoms with Gasteiger partial charge in [0.05, 0.1) is 6.20 Å². The Balaban J connectivity index is 1.50. The van der Waals surface area contributed by atoms with Crippen LogP contribution in [-0.4, -0.2) is 91.1 Å². The Morgan fingerprint density at radius 1 is 0.958 bits per heavy atom. The molecule has 2 aliphatic rings. The number of aromatic nitrogens is 4. The fraction of sp³-hybridized carbons (Fsp3) is 0.657. The van der Waals surface area contributed by atoms with Gasteiger partial charge in [-0.15, -0.1) is 0 Å². The van der Waals surface area contributed by atoms with Gasteiger partial charge in [0.15, 0.2) is 5.65 Å². The Kier molecular flexibility index (Phi) is 11.5. The number of halogens is 1. The van der Waals surface area contributed by atoms with Crippen LogP contribution >= 0.6 is 15.9 Å². The maximum Gasteiger partial charge on any atom is 0.410 e. The third-order valence-corrected chi connectivity index (χ3v) is 13.0. The summed E-state index contributed by atoms with van der Waals surface area (Å²) in [6, 6.07) is 8.62. The molecule has 5 heterocycles. The van der Waals surface area contributed by atoms with Crippen LogP contribution in [0.2, 0.25) is 51.4 Å². The maximum atomic E-state index is 13.2. The lowest BCUT2D eigenvalue weighted by Crippen LogP contribution is -2.48. The number of ether oxygens (including phenoxy) is 3. The van der Waals surface area contributed by atoms with E-state index in [2.05, 4.69) is 71.2 Å². The molecule has 13 heteroatoms. The van der Waals surface area contributed by atoms with Crippen molar-refractivity contribution in [1.29, 1.82) is 0 Å². The van der Waals surface area contributed by atoms with Crippen molar-refractivity contribution < 1.29 is 19.0 Å². The molecule has 2 aliphatic heterocycles. The number of carbonyl (C=O) groups is 1. The van der Waals surface area contributed by atoms with Gasteiger partial charge in [-0.1, -0.05) is 39.3 Å². The van der Waals surface area contributed by atoms with Gasteiger partial charge in [-0.3, -0.25) is 0 Å². The lowest BCUT2D eigenvalue weighted by atomic mass is 9.88. The zero-order valence-electron chi connectivity index (χ0n) is 30.4. The Morgan fingerprint density at radius 3 is 2.08 bits per heavy atom. The number of piperidine rings is 1. The van der Waals surface area contributed by atoms with Gasteiger partial charge in [0, 0.05) is 76.4 Å². The smallest absolute Gasteiger partial charge is 0.410 e. The molecule has 264 valence electrons. The highest BCUT2D eigenvalue weighted by Crippen LogP contribution is 2.44. The fourth-order valence-electron chi connectivity index (χ4n) is 6.45. The predicted octanol–water partition coefficient (Wildman–Crippen LogP) is 8.63. The zero-order chi connectivity index (χ0) is 34.9. The van der Waals surface area contributed by atoms with Crippen molar-refractivity contribution in [1.82, 2.24) is 24.5 Å². The third-order valence-electron chi connectivity index (χ3n) is 9.08. The minimum atomic E-state index is -1.25. The average Bonchev–Trinajstić information content (AvgIpc) is 3.52. The van der Waals surface area contributed by atoms with Crippen LogP contribution < -0.4 is 4.90 Å². The number of fused-ring (bicyclic) bond motifs is 3. The summed E-state index contributed by atoms with van der Waals surface area (Å²) >= 11 is 3.47. The van der Waals surface area contributed by atoms with Crippen molar-refractivity contribution in [3.8, 4) is 11.1 Å². The summed E-state index contributed by atoms with van der Waals surface area (Å²) in [5.74, 6) is 1.09. The maximum absolute atomic E-state index is 13.2. The van der Waals surface area contributed by atoms with E-state index in [4.69, 9.17) is 24.3 Å². The molecule has 5 rings (SSSR count). The molecule has 2 fully saturated rings. The van der Waals surface area contributed by atoms with E-state index in [0.717, 1.165) is 70.7 Å². The van der Waals surface area contributed by atoms with Gasteiger partial charge in [-0.05, 0) is 86.6 Å². The standard InChI is InChI=1S/C35H55BrN6O4Si2/c1-35(2,3)46-34(43)41-27-11-12-28(41)19-26(18-27)30-20-32(42-33(39-30)29(22-38-42)25-10-13-31(36)37-21-25)40(23-44-14-16-47(4,5)6)24-45-15-17-48(7,8)9/h10,13,20-22,26-28H,11-12,14-19,23-24H2,1-9H3. The van der Waals surface area contributed by atoms with Gasteiger partial charge >= 0.3 is 6.09 Å². The minimum Gasteiger partial charge on any atom is -0.444 e. The summed E-state index contributed by atoms with van der Waals surface area (Å²) in [6.07, 6.45) is 7.20. The molecule has 0 N–H and O–H groups in total. The van der Waals surface area contributed by atoms with Crippen LogP contribution in [0.4, 0.5) is 10.6 Å². The topological polar surface area (TPSA) is 94.3 Å². The molecule has 0 aromatic carbocycles. The summed E-state index contributed by atoms with van der Waals surface area (Å²) in [6.45, 7) is 22.2. The number of rotatable bonds is 13. The summed E-state index contributed by atoms with van der Waals surface area (Å²) in [4.78, 5) is 27.2. The van der Waals surface area contributed by atoms with Crippen LogP contribution in [-0.2, 0) is 14.2 Å². The lowest BCUT2D eigenvalue weighted by Gasteiger charge is -2.39. The molecular weight excluding hydrogens is 704 g/mol. The normalized spacial score (nSPS) is 20.0. The second kappa shape index (κ2) is 14.9. The van der Waals surface area contributed by atoms with E-state index in [-0.39, 0.29) is 24.1 Å². The number of nitrogens with zero attached hydrogens (tertiary/aromatic N) is 6. The summed E-state index contributed by atoms with van der Waals surface area (Å²) in [7, 11) is -2.51. The summed E-state index contributed by atoms with van der Waals surface area (Å²) in [5, 5.41) is 4.88. The molecule has 2 saturated heterocycles. The van der Waals surface area contributed by atoms with Crippen LogP contribution in [0.25, 0.3) is 16.8 Å². The van der Waals surface area contributed by atoms with Gasteiger partial charge in [-0.2, -0.15) is 9.61 Å². The molecule has 1 amide bonds. The molecule has 48 heavy (non-hydrogen) atoms. The van der Waals surface area contributed by atoms with E-state index in [1.165, 1.54) is 0 Å². The average molecular weight is 760 g/mol. The highest BCUT2D eigenvalue weighted by molar-refractivity contribution is 9.10. The number of hydrogen-bond donors (Lipinski definition) is 0. The van der Waals surface area contributed by atoms with E-state index >= 15 is 0 Å². The Morgan fingerprint density at radius 2 is 1.56 bits per heavy atom. The number of carbonyl (C=O) groups excluding carboxylic acids is 1. The second-order valence-corrected chi connectivity index (χ2v) is 28.9. The first-order valence-electron chi connectivity index (χ1n) is 17.4. The first-order valence-corrected chi connectivity index (χ1v) is 25.6. The Hall–Kier alpha value is -2.33. The molecule has 0 saturated carbocycles. The van der Waals surface area contributed by atoms with Crippen LogP contribution in [0.15, 0.2) is 35.2 Å². The zero-order valence-corrected chi connectivity index (χ0v) is 34.0. The van der Waals surface area contributed by atoms with E-state index in [0.29, 0.717) is 26.7 Å². The number of amides is 1. The van der Waals surface area contributed by atoms with Crippen molar-refractivity contribution in [3.05, 3.63) is 40.9 Å². The van der Waals surface area contributed by atoms with E-state index in [9.17, 15) is 4.79 Å². The molecule has 3 aromatic rings. The Bertz CT molecular complexity index is 1510. The molecule has 3 aromatic heterocycles. The molecule has 0 radical (unpaired) electrons. The van der Waals surface area contributed by atoms with Crippen molar-refractivity contribution in [2.24, 2.45) is 0 Å². The highest BCUT2D eigenvalue weighted by Gasteiger charge is 2.45. The summed E-state index contributed by atoms with van der Waals surface area (Å²) < 4.78 is 21.2. The van der Waals surface area contributed by atoms with E-state index in [1.54, 1.807) is 0 Å².